The smallest absolute Gasteiger partial charge is 0.314 e. The molecule has 1 aliphatic heterocycles. The van der Waals surface area contributed by atoms with Crippen LogP contribution in [0.3, 0.4) is 0 Å². The first-order chi connectivity index (χ1) is 12.3. The van der Waals surface area contributed by atoms with Crippen molar-refractivity contribution in [2.24, 2.45) is 0 Å². The molecule has 7 nitrogen and oxygen atoms in total. The Morgan fingerprint density at radius 2 is 1.88 bits per heavy atom. The summed E-state index contributed by atoms with van der Waals surface area (Å²) in [6.45, 7) is 13.7. The summed E-state index contributed by atoms with van der Waals surface area (Å²) in [4.78, 5) is 26.8. The predicted octanol–water partition coefficient (Wildman–Crippen LogP) is 2.17. The van der Waals surface area contributed by atoms with Crippen molar-refractivity contribution in [2.45, 2.75) is 58.1 Å². The van der Waals surface area contributed by atoms with E-state index in [0.717, 1.165) is 48.8 Å². The van der Waals surface area contributed by atoms with E-state index in [1.54, 1.807) is 11.8 Å². The molecule has 0 fully saturated rings. The van der Waals surface area contributed by atoms with E-state index in [2.05, 4.69) is 34.5 Å². The Balaban J connectivity index is 1.94. The third-order valence-electron chi connectivity index (χ3n) is 4.46. The summed E-state index contributed by atoms with van der Waals surface area (Å²) in [5, 5.41) is 10.1. The van der Waals surface area contributed by atoms with Crippen LogP contribution in [0.15, 0.2) is 0 Å². The number of hydrogen-bond donors (Lipinski definition) is 2. The molecule has 0 radical (unpaired) electrons. The molecule has 0 spiro atoms. The number of amides is 2. The molecule has 2 heterocycles. The SMILES string of the molecule is CCN(CC)CCCNC(=O)C(=O)Nc1c2c(nn1C(C)(C)C)CSC2. The fraction of sp³-hybridized carbons (Fsp3) is 0.722. The predicted molar refractivity (Wildman–Crippen MR) is 106 cm³/mol. The molecule has 0 aromatic carbocycles. The molecule has 2 amide bonds. The fourth-order valence-electron chi connectivity index (χ4n) is 2.92. The van der Waals surface area contributed by atoms with Gasteiger partial charge < -0.3 is 15.5 Å². The van der Waals surface area contributed by atoms with Gasteiger partial charge in [-0.05, 0) is 46.8 Å². The van der Waals surface area contributed by atoms with Gasteiger partial charge in [0.2, 0.25) is 0 Å². The van der Waals surface area contributed by atoms with Crippen LogP contribution in [0.5, 0.6) is 0 Å². The molecule has 1 aliphatic rings. The topological polar surface area (TPSA) is 79.3 Å². The lowest BCUT2D eigenvalue weighted by molar-refractivity contribution is -0.136. The van der Waals surface area contributed by atoms with E-state index in [4.69, 9.17) is 0 Å². The Kier molecular flexibility index (Phi) is 7.11. The molecule has 2 N–H and O–H groups in total. The second kappa shape index (κ2) is 8.90. The zero-order valence-electron chi connectivity index (χ0n) is 16.5. The highest BCUT2D eigenvalue weighted by Crippen LogP contribution is 2.37. The van der Waals surface area contributed by atoms with Gasteiger partial charge in [-0.3, -0.25) is 9.59 Å². The van der Waals surface area contributed by atoms with Gasteiger partial charge in [-0.1, -0.05) is 13.8 Å². The highest BCUT2D eigenvalue weighted by molar-refractivity contribution is 7.98. The summed E-state index contributed by atoms with van der Waals surface area (Å²) < 4.78 is 1.82. The van der Waals surface area contributed by atoms with Crippen molar-refractivity contribution in [3.63, 3.8) is 0 Å². The summed E-state index contributed by atoms with van der Waals surface area (Å²) >= 11 is 1.77. The molecule has 0 saturated heterocycles. The first-order valence-electron chi connectivity index (χ1n) is 9.28. The van der Waals surface area contributed by atoms with Gasteiger partial charge in [0.05, 0.1) is 11.2 Å². The van der Waals surface area contributed by atoms with E-state index in [-0.39, 0.29) is 5.54 Å². The van der Waals surface area contributed by atoms with Crippen LogP contribution in [-0.4, -0.2) is 52.7 Å². The monoisotopic (exact) mass is 381 g/mol. The van der Waals surface area contributed by atoms with Crippen molar-refractivity contribution in [1.29, 1.82) is 0 Å². The van der Waals surface area contributed by atoms with Crippen LogP contribution in [0.25, 0.3) is 0 Å². The molecular formula is C18H31N5O2S. The minimum Gasteiger partial charge on any atom is -0.348 e. The summed E-state index contributed by atoms with van der Waals surface area (Å²) in [5.41, 5.74) is 1.77. The zero-order valence-corrected chi connectivity index (χ0v) is 17.3. The molecule has 26 heavy (non-hydrogen) atoms. The van der Waals surface area contributed by atoms with E-state index in [1.807, 2.05) is 25.5 Å². The first-order valence-corrected chi connectivity index (χ1v) is 10.4. The Bertz CT molecular complexity index is 647. The van der Waals surface area contributed by atoms with Crippen LogP contribution in [0.2, 0.25) is 0 Å². The maximum atomic E-state index is 12.3. The van der Waals surface area contributed by atoms with Gasteiger partial charge in [0.15, 0.2) is 0 Å². The fourth-order valence-corrected chi connectivity index (χ4v) is 3.95. The van der Waals surface area contributed by atoms with Crippen LogP contribution >= 0.6 is 11.8 Å². The van der Waals surface area contributed by atoms with Gasteiger partial charge in [-0.2, -0.15) is 16.9 Å². The maximum Gasteiger partial charge on any atom is 0.314 e. The van der Waals surface area contributed by atoms with E-state index in [9.17, 15) is 9.59 Å². The quantitative estimate of drug-likeness (QED) is 0.559. The molecule has 0 bridgehead atoms. The highest BCUT2D eigenvalue weighted by Gasteiger charge is 2.29. The minimum atomic E-state index is -0.627. The molecule has 0 saturated carbocycles. The third kappa shape index (κ3) is 5.01. The largest absolute Gasteiger partial charge is 0.348 e. The van der Waals surface area contributed by atoms with Gasteiger partial charge >= 0.3 is 11.8 Å². The van der Waals surface area contributed by atoms with Crippen LogP contribution in [0.4, 0.5) is 5.82 Å². The number of nitrogens with one attached hydrogen (secondary N) is 2. The van der Waals surface area contributed by atoms with Crippen molar-refractivity contribution in [3.05, 3.63) is 11.3 Å². The normalized spacial score (nSPS) is 13.8. The van der Waals surface area contributed by atoms with E-state index < -0.39 is 11.8 Å². The number of anilines is 1. The summed E-state index contributed by atoms with van der Waals surface area (Å²) in [7, 11) is 0. The van der Waals surface area contributed by atoms with Crippen LogP contribution in [-0.2, 0) is 26.6 Å². The lowest BCUT2D eigenvalue weighted by Gasteiger charge is -2.23. The summed E-state index contributed by atoms with van der Waals surface area (Å²) in [6, 6.07) is 0. The van der Waals surface area contributed by atoms with Crippen molar-refractivity contribution in [2.75, 3.05) is 31.5 Å². The molecule has 2 rings (SSSR count). The Hall–Kier alpha value is -1.54. The third-order valence-corrected chi connectivity index (χ3v) is 5.43. The Labute approximate surface area is 160 Å². The Morgan fingerprint density at radius 1 is 1.19 bits per heavy atom. The zero-order chi connectivity index (χ0) is 19.3. The number of hydrogen-bond acceptors (Lipinski definition) is 5. The van der Waals surface area contributed by atoms with Crippen molar-refractivity contribution in [1.82, 2.24) is 20.0 Å². The van der Waals surface area contributed by atoms with E-state index in [1.165, 1.54) is 0 Å². The number of carbonyl (C=O) groups is 2. The van der Waals surface area contributed by atoms with E-state index >= 15 is 0 Å². The first kappa shape index (κ1) is 20.8. The minimum absolute atomic E-state index is 0.266. The summed E-state index contributed by atoms with van der Waals surface area (Å²) in [5.74, 6) is 1.09. The number of carbonyl (C=O) groups excluding carboxylic acids is 2. The molecule has 1 aromatic rings. The number of rotatable bonds is 7. The van der Waals surface area contributed by atoms with Crippen molar-refractivity contribution in [3.8, 4) is 0 Å². The second-order valence-corrected chi connectivity index (χ2v) is 8.43. The van der Waals surface area contributed by atoms with Gasteiger partial charge in [0.25, 0.3) is 0 Å². The van der Waals surface area contributed by atoms with Gasteiger partial charge in [0, 0.05) is 23.6 Å². The number of fused-ring (bicyclic) bond motifs is 1. The number of nitrogens with zero attached hydrogens (tertiary/aromatic N) is 3. The molecule has 0 unspecified atom stereocenters. The second-order valence-electron chi connectivity index (χ2n) is 7.44. The molecule has 1 aromatic heterocycles. The number of thioether (sulfide) groups is 1. The molecule has 0 aliphatic carbocycles. The van der Waals surface area contributed by atoms with Gasteiger partial charge in [0.1, 0.15) is 5.82 Å². The molecule has 146 valence electrons. The van der Waals surface area contributed by atoms with E-state index in [0.29, 0.717) is 12.4 Å². The molecule has 8 heteroatoms. The molecular weight excluding hydrogens is 350 g/mol. The van der Waals surface area contributed by atoms with Crippen LogP contribution in [0, 0.1) is 0 Å². The van der Waals surface area contributed by atoms with Crippen LogP contribution < -0.4 is 10.6 Å². The lowest BCUT2D eigenvalue weighted by Crippen LogP contribution is -2.38. The van der Waals surface area contributed by atoms with Crippen LogP contribution in [0.1, 0.15) is 52.3 Å². The number of aromatic nitrogens is 2. The van der Waals surface area contributed by atoms with Crippen molar-refractivity contribution >= 4 is 29.4 Å². The lowest BCUT2D eigenvalue weighted by atomic mass is 10.1. The van der Waals surface area contributed by atoms with Gasteiger partial charge in [-0.25, -0.2) is 4.68 Å². The van der Waals surface area contributed by atoms with Crippen molar-refractivity contribution < 1.29 is 9.59 Å². The summed E-state index contributed by atoms with van der Waals surface area (Å²) in [6.07, 6.45) is 0.826. The maximum absolute atomic E-state index is 12.3. The average Bonchev–Trinajstić information content (AvgIpc) is 3.17. The average molecular weight is 382 g/mol. The standard InChI is InChI=1S/C18H31N5O2S/c1-6-22(7-2)10-8-9-19-16(24)17(25)20-15-13-11-26-12-14(13)21-23(15)18(3,4)5/h6-12H2,1-5H3,(H,19,24)(H,20,25). The highest BCUT2D eigenvalue weighted by atomic mass is 32.2. The molecule has 0 atom stereocenters. The van der Waals surface area contributed by atoms with Gasteiger partial charge in [-0.15, -0.1) is 0 Å². The Morgan fingerprint density at radius 3 is 2.50 bits per heavy atom.